The molecule has 0 saturated carbocycles. The molecule has 0 saturated heterocycles. The van der Waals surface area contributed by atoms with Crippen molar-refractivity contribution in [3.05, 3.63) is 48.3 Å². The maximum absolute atomic E-state index is 5.85. The van der Waals surface area contributed by atoms with Crippen LogP contribution in [-0.2, 0) is 7.05 Å². The quantitative estimate of drug-likeness (QED) is 0.661. The lowest BCUT2D eigenvalue weighted by molar-refractivity contribution is 0.948. The van der Waals surface area contributed by atoms with Gasteiger partial charge in [0, 0.05) is 12.7 Å². The van der Waals surface area contributed by atoms with E-state index in [4.69, 9.17) is 5.73 Å². The zero-order chi connectivity index (χ0) is 12.7. The van der Waals surface area contributed by atoms with Crippen LogP contribution in [0.3, 0.4) is 0 Å². The normalized spacial score (nSPS) is 11.0. The Labute approximate surface area is 106 Å². The van der Waals surface area contributed by atoms with E-state index in [1.54, 1.807) is 0 Å². The number of anilines is 1. The van der Waals surface area contributed by atoms with Crippen molar-refractivity contribution in [2.75, 3.05) is 5.73 Å². The van der Waals surface area contributed by atoms with Crippen LogP contribution in [0.2, 0.25) is 0 Å². The highest BCUT2D eigenvalue weighted by atomic mass is 15.0. The van der Waals surface area contributed by atoms with E-state index < -0.39 is 0 Å². The zero-order valence-corrected chi connectivity index (χ0v) is 10.5. The van der Waals surface area contributed by atoms with Gasteiger partial charge in [-0.3, -0.25) is 0 Å². The molecule has 1 heterocycles. The van der Waals surface area contributed by atoms with Crippen molar-refractivity contribution < 1.29 is 0 Å². The lowest BCUT2D eigenvalue weighted by Crippen LogP contribution is -1.90. The first-order chi connectivity index (χ1) is 8.65. The Hall–Kier alpha value is -2.29. The number of hydrogen-bond donors (Lipinski definition) is 1. The molecule has 2 aromatic carbocycles. The molecule has 1 aromatic heterocycles. The zero-order valence-electron chi connectivity index (χ0n) is 10.5. The summed E-state index contributed by atoms with van der Waals surface area (Å²) in [4.78, 5) is 4.33. The Balaban J connectivity index is 2.18. The van der Waals surface area contributed by atoms with Gasteiger partial charge < -0.3 is 10.3 Å². The average molecular weight is 237 g/mol. The van der Waals surface area contributed by atoms with E-state index in [2.05, 4.69) is 35.3 Å². The van der Waals surface area contributed by atoms with Gasteiger partial charge in [-0.15, -0.1) is 0 Å². The molecule has 2 N–H and O–H groups in total. The molecule has 0 amide bonds. The summed E-state index contributed by atoms with van der Waals surface area (Å²) in [5.74, 6) is 0. The number of aromatic nitrogens is 2. The molecule has 0 atom stereocenters. The molecule has 0 aliphatic rings. The van der Waals surface area contributed by atoms with Gasteiger partial charge in [0.05, 0.1) is 17.4 Å². The van der Waals surface area contributed by atoms with E-state index in [1.165, 1.54) is 11.1 Å². The number of rotatable bonds is 1. The maximum Gasteiger partial charge on any atom is 0.0955 e. The first-order valence-corrected chi connectivity index (χ1v) is 5.93. The van der Waals surface area contributed by atoms with Crippen molar-refractivity contribution in [3.8, 4) is 11.1 Å². The van der Waals surface area contributed by atoms with Crippen LogP contribution in [0.25, 0.3) is 22.2 Å². The molecule has 90 valence electrons. The summed E-state index contributed by atoms with van der Waals surface area (Å²) >= 11 is 0. The minimum Gasteiger partial charge on any atom is -0.399 e. The second-order valence-electron chi connectivity index (χ2n) is 4.63. The highest BCUT2D eigenvalue weighted by molar-refractivity contribution is 5.82. The van der Waals surface area contributed by atoms with Crippen LogP contribution in [0.5, 0.6) is 0 Å². The van der Waals surface area contributed by atoms with Gasteiger partial charge >= 0.3 is 0 Å². The van der Waals surface area contributed by atoms with Gasteiger partial charge in [-0.25, -0.2) is 4.98 Å². The van der Waals surface area contributed by atoms with Crippen molar-refractivity contribution >= 4 is 16.7 Å². The van der Waals surface area contributed by atoms with Gasteiger partial charge in [0.15, 0.2) is 0 Å². The molecule has 0 bridgehead atoms. The van der Waals surface area contributed by atoms with Crippen LogP contribution < -0.4 is 5.73 Å². The third-order valence-electron chi connectivity index (χ3n) is 3.33. The first-order valence-electron chi connectivity index (χ1n) is 5.93. The van der Waals surface area contributed by atoms with E-state index in [9.17, 15) is 0 Å². The molecule has 18 heavy (non-hydrogen) atoms. The van der Waals surface area contributed by atoms with E-state index in [-0.39, 0.29) is 0 Å². The third-order valence-corrected chi connectivity index (χ3v) is 3.33. The summed E-state index contributed by atoms with van der Waals surface area (Å²) in [5, 5.41) is 0. The molecule has 3 nitrogen and oxygen atoms in total. The number of benzene rings is 2. The number of nitrogens with two attached hydrogens (primary N) is 1. The number of imidazole rings is 1. The summed E-state index contributed by atoms with van der Waals surface area (Å²) < 4.78 is 2.03. The van der Waals surface area contributed by atoms with Crippen LogP contribution in [0, 0.1) is 6.92 Å². The number of fused-ring (bicyclic) bond motifs is 1. The van der Waals surface area contributed by atoms with Crippen molar-refractivity contribution in [2.45, 2.75) is 6.92 Å². The van der Waals surface area contributed by atoms with Crippen molar-refractivity contribution in [1.29, 1.82) is 0 Å². The topological polar surface area (TPSA) is 43.8 Å². The Bertz CT molecular complexity index is 726. The predicted octanol–water partition coefficient (Wildman–Crippen LogP) is 3.13. The number of aryl methyl sites for hydroxylation is 2. The van der Waals surface area contributed by atoms with Crippen LogP contribution in [0.4, 0.5) is 5.69 Å². The summed E-state index contributed by atoms with van der Waals surface area (Å²) in [7, 11) is 2.01. The van der Waals surface area contributed by atoms with E-state index in [0.717, 1.165) is 22.3 Å². The summed E-state index contributed by atoms with van der Waals surface area (Å²) in [6.07, 6.45) is 1.84. The van der Waals surface area contributed by atoms with Gasteiger partial charge in [0.2, 0.25) is 0 Å². The Morgan fingerprint density at radius 2 is 1.78 bits per heavy atom. The SMILES string of the molecule is Cc1cc(-c2ccc3ncn(C)c3c2)ccc1N. The summed E-state index contributed by atoms with van der Waals surface area (Å²) in [6.45, 7) is 2.03. The summed E-state index contributed by atoms with van der Waals surface area (Å²) in [6, 6.07) is 12.4. The molecule has 0 fully saturated rings. The standard InChI is InChI=1S/C15H15N3/c1-10-7-11(3-5-13(10)16)12-4-6-14-15(8-12)18(2)9-17-14/h3-9H,16H2,1-2H3. The molecule has 0 radical (unpaired) electrons. The minimum atomic E-state index is 0.834. The Kier molecular flexibility index (Phi) is 2.33. The van der Waals surface area contributed by atoms with Crippen molar-refractivity contribution in [3.63, 3.8) is 0 Å². The smallest absolute Gasteiger partial charge is 0.0955 e. The molecule has 0 aliphatic heterocycles. The summed E-state index contributed by atoms with van der Waals surface area (Å²) in [5.41, 5.74) is 12.3. The van der Waals surface area contributed by atoms with E-state index in [0.29, 0.717) is 0 Å². The molecule has 0 unspecified atom stereocenters. The number of nitrogens with zero attached hydrogens (tertiary/aromatic N) is 2. The highest BCUT2D eigenvalue weighted by Gasteiger charge is 2.04. The maximum atomic E-state index is 5.85. The second kappa shape index (κ2) is 3.88. The van der Waals surface area contributed by atoms with E-state index >= 15 is 0 Å². The van der Waals surface area contributed by atoms with E-state index in [1.807, 2.05) is 30.9 Å². The molecule has 3 heteroatoms. The Morgan fingerprint density at radius 1 is 1.06 bits per heavy atom. The molecule has 0 spiro atoms. The highest BCUT2D eigenvalue weighted by Crippen LogP contribution is 2.26. The lowest BCUT2D eigenvalue weighted by Gasteiger charge is -2.06. The van der Waals surface area contributed by atoms with Gasteiger partial charge in [-0.1, -0.05) is 12.1 Å². The average Bonchev–Trinajstić information content (AvgIpc) is 2.74. The van der Waals surface area contributed by atoms with Crippen LogP contribution in [0.1, 0.15) is 5.56 Å². The Morgan fingerprint density at radius 3 is 2.56 bits per heavy atom. The van der Waals surface area contributed by atoms with Gasteiger partial charge in [-0.2, -0.15) is 0 Å². The fourth-order valence-corrected chi connectivity index (χ4v) is 2.16. The third kappa shape index (κ3) is 1.64. The lowest BCUT2D eigenvalue weighted by atomic mass is 10.0. The van der Waals surface area contributed by atoms with Gasteiger partial charge in [0.25, 0.3) is 0 Å². The van der Waals surface area contributed by atoms with Crippen LogP contribution >= 0.6 is 0 Å². The van der Waals surface area contributed by atoms with Crippen LogP contribution in [-0.4, -0.2) is 9.55 Å². The molecule has 3 aromatic rings. The van der Waals surface area contributed by atoms with Gasteiger partial charge in [0.1, 0.15) is 0 Å². The second-order valence-corrected chi connectivity index (χ2v) is 4.63. The molecule has 0 aliphatic carbocycles. The molecule has 3 rings (SSSR count). The van der Waals surface area contributed by atoms with Crippen LogP contribution in [0.15, 0.2) is 42.7 Å². The molecular formula is C15H15N3. The minimum absolute atomic E-state index is 0.834. The van der Waals surface area contributed by atoms with Crippen molar-refractivity contribution in [2.24, 2.45) is 7.05 Å². The fourth-order valence-electron chi connectivity index (χ4n) is 2.16. The largest absolute Gasteiger partial charge is 0.399 e. The first kappa shape index (κ1) is 10.8. The van der Waals surface area contributed by atoms with Gasteiger partial charge in [-0.05, 0) is 47.9 Å². The number of nitrogen functional groups attached to an aromatic ring is 1. The molecular weight excluding hydrogens is 222 g/mol. The van der Waals surface area contributed by atoms with Crippen molar-refractivity contribution in [1.82, 2.24) is 9.55 Å². The number of hydrogen-bond acceptors (Lipinski definition) is 2. The monoisotopic (exact) mass is 237 g/mol. The fraction of sp³-hybridized carbons (Fsp3) is 0.133. The predicted molar refractivity (Wildman–Crippen MR) is 75.3 cm³/mol.